The molecule has 5 aromatic rings. The molecule has 14 nitrogen and oxygen atoms in total. The molecular weight excluding hydrogens is 904 g/mol. The van der Waals surface area contributed by atoms with Crippen molar-refractivity contribution in [2.75, 3.05) is 73.1 Å². The van der Waals surface area contributed by atoms with Crippen LogP contribution in [0, 0.1) is 0 Å². The maximum absolute atomic E-state index is 13.6. The molecule has 358 valence electrons. The molecule has 0 unspecified atom stereocenters. The first-order valence-electron chi connectivity index (χ1n) is 22.6. The standard InChI is InChI=1S/C51H69N6O8.BrH/c1-49(2,3)63-46(58)54-28-25-52(26-29-55(47(59)64-50(4,5)6)32-34-56(33-31-54)48(60)65-51(7,8)9)23-16-24-53-27-30-57(36-53)41-35-38-18-13-15-20-40(38)44(45(41)62-11)43-39-19-14-12-17-37(39)21-22-42(43)61-10;/h12-15,17-22,27,30,35-36H,16,23-26,28-29,31-34H2,1-11H3;1H/q+1;/p-1. The maximum Gasteiger partial charge on any atom is 0.410 e. The van der Waals surface area contributed by atoms with Crippen molar-refractivity contribution in [2.45, 2.75) is 92.1 Å². The topological polar surface area (TPSA) is 119 Å². The Bertz CT molecular complexity index is 2410. The zero-order valence-corrected chi connectivity index (χ0v) is 42.3. The highest BCUT2D eigenvalue weighted by atomic mass is 79.9. The molecule has 0 bridgehead atoms. The number of carbonyl (C=O) groups excluding carboxylic acids is 3. The monoisotopic (exact) mass is 972 g/mol. The number of carbonyl (C=O) groups is 3. The molecule has 1 aromatic heterocycles. The van der Waals surface area contributed by atoms with Crippen LogP contribution in [0.5, 0.6) is 11.5 Å². The van der Waals surface area contributed by atoms with Gasteiger partial charge in [-0.3, -0.25) is 4.90 Å². The van der Waals surface area contributed by atoms with E-state index in [2.05, 4.69) is 75.1 Å². The molecule has 1 aliphatic rings. The van der Waals surface area contributed by atoms with Crippen LogP contribution in [-0.4, -0.2) is 132 Å². The second kappa shape index (κ2) is 21.8. The van der Waals surface area contributed by atoms with E-state index in [4.69, 9.17) is 23.7 Å². The fourth-order valence-corrected chi connectivity index (χ4v) is 7.99. The van der Waals surface area contributed by atoms with Crippen molar-refractivity contribution in [3.63, 3.8) is 0 Å². The molecule has 6 rings (SSSR count). The van der Waals surface area contributed by atoms with Crippen molar-refractivity contribution >= 4 is 39.8 Å². The molecular formula is C51H69BrN6O8. The van der Waals surface area contributed by atoms with Gasteiger partial charge in [-0.2, -0.15) is 4.57 Å². The number of hydrogen-bond acceptors (Lipinski definition) is 9. The number of nitrogens with zero attached hydrogens (tertiary/aromatic N) is 6. The molecule has 2 heterocycles. The molecule has 0 radical (unpaired) electrons. The van der Waals surface area contributed by atoms with Crippen LogP contribution in [0.25, 0.3) is 38.4 Å². The molecule has 0 atom stereocenters. The second-order valence-corrected chi connectivity index (χ2v) is 19.5. The predicted octanol–water partition coefficient (Wildman–Crippen LogP) is 6.18. The van der Waals surface area contributed by atoms with Crippen molar-refractivity contribution in [2.24, 2.45) is 0 Å². The average Bonchev–Trinajstić information content (AvgIpc) is 3.70. The van der Waals surface area contributed by atoms with Gasteiger partial charge in [-0.25, -0.2) is 19.0 Å². The molecule has 66 heavy (non-hydrogen) atoms. The van der Waals surface area contributed by atoms with E-state index in [0.29, 0.717) is 39.3 Å². The minimum absolute atomic E-state index is 0. The van der Waals surface area contributed by atoms with Crippen molar-refractivity contribution in [1.29, 1.82) is 0 Å². The Balaban J connectivity index is 0.00000817. The summed E-state index contributed by atoms with van der Waals surface area (Å²) in [6, 6.07) is 22.9. The van der Waals surface area contributed by atoms with Gasteiger partial charge in [-0.05, 0) is 102 Å². The van der Waals surface area contributed by atoms with Crippen LogP contribution in [0.4, 0.5) is 14.4 Å². The summed E-state index contributed by atoms with van der Waals surface area (Å²) in [5, 5.41) is 4.31. The van der Waals surface area contributed by atoms with E-state index >= 15 is 0 Å². The smallest absolute Gasteiger partial charge is 0.410 e. The lowest BCUT2D eigenvalue weighted by atomic mass is 9.91. The summed E-state index contributed by atoms with van der Waals surface area (Å²) in [6.45, 7) is 20.5. The minimum atomic E-state index is -0.725. The third kappa shape index (κ3) is 13.5. The van der Waals surface area contributed by atoms with E-state index in [9.17, 15) is 14.4 Å². The van der Waals surface area contributed by atoms with E-state index in [0.717, 1.165) is 56.3 Å². The Morgan fingerprint density at radius 1 is 0.591 bits per heavy atom. The molecule has 0 spiro atoms. The lowest BCUT2D eigenvalue weighted by Crippen LogP contribution is -3.00. The Labute approximate surface area is 401 Å². The van der Waals surface area contributed by atoms with Crippen molar-refractivity contribution in [1.82, 2.24) is 24.2 Å². The number of methoxy groups -OCH3 is 2. The molecule has 1 saturated heterocycles. The van der Waals surface area contributed by atoms with Crippen LogP contribution < -0.4 is 31.0 Å². The quantitative estimate of drug-likeness (QED) is 0.133. The van der Waals surface area contributed by atoms with Crippen LogP contribution in [0.2, 0.25) is 0 Å². The third-order valence-corrected chi connectivity index (χ3v) is 11.0. The van der Waals surface area contributed by atoms with Gasteiger partial charge in [-0.1, -0.05) is 54.6 Å². The van der Waals surface area contributed by atoms with Crippen LogP contribution in [0.1, 0.15) is 68.7 Å². The van der Waals surface area contributed by atoms with Crippen LogP contribution >= 0.6 is 0 Å². The number of aromatic nitrogens is 2. The van der Waals surface area contributed by atoms with Gasteiger partial charge in [0.15, 0.2) is 11.4 Å². The number of rotatable bonds is 8. The van der Waals surface area contributed by atoms with Crippen LogP contribution in [0.15, 0.2) is 85.5 Å². The first kappa shape index (κ1) is 51.4. The van der Waals surface area contributed by atoms with E-state index in [-0.39, 0.29) is 43.2 Å². The molecule has 0 N–H and O–H groups in total. The van der Waals surface area contributed by atoms with E-state index in [1.807, 2.05) is 86.7 Å². The first-order valence-corrected chi connectivity index (χ1v) is 22.6. The van der Waals surface area contributed by atoms with Gasteiger partial charge in [-0.15, -0.1) is 0 Å². The van der Waals surface area contributed by atoms with Crippen LogP contribution in [0.3, 0.4) is 0 Å². The Morgan fingerprint density at radius 2 is 1.06 bits per heavy atom. The molecule has 15 heteroatoms. The summed E-state index contributed by atoms with van der Waals surface area (Å²) in [7, 11) is 3.42. The zero-order valence-electron chi connectivity index (χ0n) is 40.7. The number of benzene rings is 4. The highest BCUT2D eigenvalue weighted by Crippen LogP contribution is 2.47. The Morgan fingerprint density at radius 3 is 1.55 bits per heavy atom. The summed E-state index contributed by atoms with van der Waals surface area (Å²) in [5.74, 6) is 1.50. The number of imidazole rings is 1. The fourth-order valence-electron chi connectivity index (χ4n) is 7.99. The SMILES string of the molecule is COc1ccc2ccccc2c1-c1c(OC)c(-n2cc[n+](CCCN3CCN(C(=O)OC(C)(C)C)CCN(C(=O)OC(C)(C)C)CCN(C(=O)OC(C)(C)C)CC3)c2)cc2ccccc12.[Br-]. The fraction of sp³-hybridized carbons (Fsp3) is 0.490. The van der Waals surface area contributed by atoms with Gasteiger partial charge in [0.2, 0.25) is 6.33 Å². The summed E-state index contributed by atoms with van der Waals surface area (Å²) >= 11 is 0. The first-order chi connectivity index (χ1) is 30.7. The number of halogens is 1. The lowest BCUT2D eigenvalue weighted by Gasteiger charge is -2.35. The van der Waals surface area contributed by atoms with E-state index in [1.165, 1.54) is 0 Å². The number of ether oxygens (including phenoxy) is 5. The molecule has 1 aliphatic heterocycles. The predicted molar refractivity (Wildman–Crippen MR) is 254 cm³/mol. The highest BCUT2D eigenvalue weighted by Gasteiger charge is 2.30. The largest absolute Gasteiger partial charge is 1.00 e. The molecule has 3 amide bonds. The molecule has 0 saturated carbocycles. The minimum Gasteiger partial charge on any atom is -1.00 e. The number of aryl methyl sites for hydroxylation is 1. The molecule has 0 aliphatic carbocycles. The maximum atomic E-state index is 13.6. The van der Waals surface area contributed by atoms with Gasteiger partial charge >= 0.3 is 18.3 Å². The lowest BCUT2D eigenvalue weighted by molar-refractivity contribution is -0.696. The zero-order chi connectivity index (χ0) is 47.1. The summed E-state index contributed by atoms with van der Waals surface area (Å²) in [5.41, 5.74) is 0.706. The second-order valence-electron chi connectivity index (χ2n) is 19.5. The van der Waals surface area contributed by atoms with Gasteiger partial charge in [0.1, 0.15) is 34.9 Å². The van der Waals surface area contributed by atoms with Crippen molar-refractivity contribution in [3.8, 4) is 28.3 Å². The third-order valence-electron chi connectivity index (χ3n) is 11.0. The average molecular weight is 974 g/mol. The van der Waals surface area contributed by atoms with Gasteiger partial charge < -0.3 is 55.4 Å². The summed E-state index contributed by atoms with van der Waals surface area (Å²) < 4.78 is 34.0. The summed E-state index contributed by atoms with van der Waals surface area (Å²) in [6.07, 6.45) is 5.57. The summed E-state index contributed by atoms with van der Waals surface area (Å²) in [4.78, 5) is 47.8. The Kier molecular flexibility index (Phi) is 17.0. The van der Waals surface area contributed by atoms with Crippen LogP contribution in [-0.2, 0) is 20.8 Å². The number of hydrogen-bond donors (Lipinski definition) is 0. The van der Waals surface area contributed by atoms with Crippen molar-refractivity contribution in [3.05, 3.63) is 85.5 Å². The van der Waals surface area contributed by atoms with Gasteiger partial charge in [0.25, 0.3) is 0 Å². The van der Waals surface area contributed by atoms with E-state index < -0.39 is 35.1 Å². The van der Waals surface area contributed by atoms with Crippen molar-refractivity contribution < 1.29 is 59.6 Å². The molecule has 1 fully saturated rings. The normalized spacial score (nSPS) is 14.8. The highest BCUT2D eigenvalue weighted by molar-refractivity contribution is 6.11. The van der Waals surface area contributed by atoms with E-state index in [1.54, 1.807) is 28.9 Å². The Hall–Kier alpha value is -5.54. The van der Waals surface area contributed by atoms with Gasteiger partial charge in [0.05, 0.1) is 20.8 Å². The molecule has 4 aromatic carbocycles. The number of amides is 3. The number of fused-ring (bicyclic) bond motifs is 2. The van der Waals surface area contributed by atoms with Gasteiger partial charge in [0, 0.05) is 70.0 Å².